The van der Waals surface area contributed by atoms with Crippen LogP contribution in [0.15, 0.2) is 0 Å². The summed E-state index contributed by atoms with van der Waals surface area (Å²) in [6.45, 7) is 6.37. The van der Waals surface area contributed by atoms with Gasteiger partial charge in [0.15, 0.2) is 0 Å². The van der Waals surface area contributed by atoms with E-state index >= 15 is 0 Å². The maximum absolute atomic E-state index is 12.0. The van der Waals surface area contributed by atoms with Crippen LogP contribution in [-0.2, 0) is 9.53 Å². The molecule has 0 aromatic rings. The summed E-state index contributed by atoms with van der Waals surface area (Å²) in [7, 11) is 0. The van der Waals surface area contributed by atoms with Crippen molar-refractivity contribution in [3.05, 3.63) is 0 Å². The Bertz CT molecular complexity index is 221. The van der Waals surface area contributed by atoms with Crippen molar-refractivity contribution in [1.82, 2.24) is 4.90 Å². The molecule has 2 N–H and O–H groups in total. The Kier molecular flexibility index (Phi) is 5.77. The van der Waals surface area contributed by atoms with Crippen molar-refractivity contribution in [2.24, 2.45) is 5.73 Å². The zero-order chi connectivity index (χ0) is 12.0. The van der Waals surface area contributed by atoms with Crippen molar-refractivity contribution in [3.8, 4) is 0 Å². The van der Waals surface area contributed by atoms with Gasteiger partial charge in [-0.25, -0.2) is 0 Å². The SMILES string of the molecule is CCCC(N)CC(=O)N1CCCOC(C)C1. The van der Waals surface area contributed by atoms with Gasteiger partial charge in [0.05, 0.1) is 6.10 Å². The van der Waals surface area contributed by atoms with E-state index < -0.39 is 0 Å². The number of carbonyl (C=O) groups is 1. The molecule has 2 unspecified atom stereocenters. The molecular weight excluding hydrogens is 204 g/mol. The van der Waals surface area contributed by atoms with Gasteiger partial charge in [-0.1, -0.05) is 13.3 Å². The molecule has 1 saturated heterocycles. The van der Waals surface area contributed by atoms with Crippen molar-refractivity contribution in [3.63, 3.8) is 0 Å². The predicted octanol–water partition coefficient (Wildman–Crippen LogP) is 1.14. The number of rotatable bonds is 4. The molecule has 0 radical (unpaired) electrons. The highest BCUT2D eigenvalue weighted by Gasteiger charge is 2.21. The first-order valence-electron chi connectivity index (χ1n) is 6.28. The highest BCUT2D eigenvalue weighted by molar-refractivity contribution is 5.76. The van der Waals surface area contributed by atoms with E-state index in [0.717, 1.165) is 32.4 Å². The molecule has 1 amide bonds. The molecular formula is C12H24N2O2. The minimum absolute atomic E-state index is 0.0111. The minimum atomic E-state index is 0.0111. The normalized spacial score (nSPS) is 23.9. The monoisotopic (exact) mass is 228 g/mol. The topological polar surface area (TPSA) is 55.6 Å². The molecule has 0 spiro atoms. The van der Waals surface area contributed by atoms with Crippen LogP contribution in [0.1, 0.15) is 39.5 Å². The van der Waals surface area contributed by atoms with Gasteiger partial charge in [-0.15, -0.1) is 0 Å². The molecule has 1 aliphatic heterocycles. The lowest BCUT2D eigenvalue weighted by Crippen LogP contribution is -2.39. The summed E-state index contributed by atoms with van der Waals surface area (Å²) in [4.78, 5) is 13.9. The van der Waals surface area contributed by atoms with Crippen LogP contribution in [0.25, 0.3) is 0 Å². The van der Waals surface area contributed by atoms with Crippen molar-refractivity contribution in [2.45, 2.75) is 51.7 Å². The van der Waals surface area contributed by atoms with Gasteiger partial charge in [-0.2, -0.15) is 0 Å². The summed E-state index contributed by atoms with van der Waals surface area (Å²) < 4.78 is 5.51. The third-order valence-electron chi connectivity index (χ3n) is 2.90. The molecule has 0 aliphatic carbocycles. The quantitative estimate of drug-likeness (QED) is 0.785. The summed E-state index contributed by atoms with van der Waals surface area (Å²) in [5, 5.41) is 0. The molecule has 1 heterocycles. The van der Waals surface area contributed by atoms with Crippen LogP contribution >= 0.6 is 0 Å². The van der Waals surface area contributed by atoms with Gasteiger partial charge in [-0.3, -0.25) is 4.79 Å². The number of carbonyl (C=O) groups excluding carboxylic acids is 1. The van der Waals surface area contributed by atoms with E-state index in [2.05, 4.69) is 6.92 Å². The van der Waals surface area contributed by atoms with E-state index in [0.29, 0.717) is 13.0 Å². The predicted molar refractivity (Wildman–Crippen MR) is 64.1 cm³/mol. The fraction of sp³-hybridized carbons (Fsp3) is 0.917. The van der Waals surface area contributed by atoms with E-state index in [1.54, 1.807) is 0 Å². The molecule has 0 aromatic heterocycles. The maximum atomic E-state index is 12.0. The maximum Gasteiger partial charge on any atom is 0.224 e. The van der Waals surface area contributed by atoms with Crippen molar-refractivity contribution >= 4 is 5.91 Å². The van der Waals surface area contributed by atoms with Gasteiger partial charge >= 0.3 is 0 Å². The lowest BCUT2D eigenvalue weighted by Gasteiger charge is -2.23. The highest BCUT2D eigenvalue weighted by atomic mass is 16.5. The molecule has 2 atom stereocenters. The smallest absolute Gasteiger partial charge is 0.224 e. The number of amides is 1. The van der Waals surface area contributed by atoms with Crippen LogP contribution in [0.3, 0.4) is 0 Å². The summed E-state index contributed by atoms with van der Waals surface area (Å²) >= 11 is 0. The first-order chi connectivity index (χ1) is 7.63. The van der Waals surface area contributed by atoms with Gasteiger partial charge < -0.3 is 15.4 Å². The molecule has 1 aliphatic rings. The minimum Gasteiger partial charge on any atom is -0.377 e. The summed E-state index contributed by atoms with van der Waals surface area (Å²) in [6, 6.07) is 0.0111. The second-order valence-corrected chi connectivity index (χ2v) is 4.63. The van der Waals surface area contributed by atoms with E-state index in [1.165, 1.54) is 0 Å². The van der Waals surface area contributed by atoms with Crippen molar-refractivity contribution < 1.29 is 9.53 Å². The first-order valence-corrected chi connectivity index (χ1v) is 6.28. The fourth-order valence-corrected chi connectivity index (χ4v) is 2.05. The lowest BCUT2D eigenvalue weighted by molar-refractivity contribution is -0.132. The zero-order valence-corrected chi connectivity index (χ0v) is 10.4. The van der Waals surface area contributed by atoms with Crippen LogP contribution in [-0.4, -0.2) is 42.6 Å². The lowest BCUT2D eigenvalue weighted by atomic mass is 10.1. The summed E-state index contributed by atoms with van der Waals surface area (Å²) in [6.07, 6.45) is 3.51. The molecule has 94 valence electrons. The number of nitrogens with two attached hydrogens (primary N) is 1. The third-order valence-corrected chi connectivity index (χ3v) is 2.90. The van der Waals surface area contributed by atoms with E-state index in [4.69, 9.17) is 10.5 Å². The number of hydrogen-bond donors (Lipinski definition) is 1. The van der Waals surface area contributed by atoms with Crippen LogP contribution in [0.2, 0.25) is 0 Å². The van der Waals surface area contributed by atoms with Gasteiger partial charge in [0, 0.05) is 32.2 Å². The standard InChI is InChI=1S/C12H24N2O2/c1-3-5-11(13)8-12(15)14-6-4-7-16-10(2)9-14/h10-11H,3-9,13H2,1-2H3. The van der Waals surface area contributed by atoms with E-state index in [1.807, 2.05) is 11.8 Å². The van der Waals surface area contributed by atoms with Crippen LogP contribution in [0, 0.1) is 0 Å². The molecule has 1 fully saturated rings. The fourth-order valence-electron chi connectivity index (χ4n) is 2.05. The van der Waals surface area contributed by atoms with E-state index in [9.17, 15) is 4.79 Å². The number of nitrogens with zero attached hydrogens (tertiary/aromatic N) is 1. The average molecular weight is 228 g/mol. The van der Waals surface area contributed by atoms with Crippen LogP contribution in [0.5, 0.6) is 0 Å². The van der Waals surface area contributed by atoms with Gasteiger partial charge in [0.2, 0.25) is 5.91 Å². The molecule has 0 saturated carbocycles. The molecule has 4 nitrogen and oxygen atoms in total. The molecule has 1 rings (SSSR count). The van der Waals surface area contributed by atoms with Gasteiger partial charge in [-0.05, 0) is 19.8 Å². The molecule has 4 heteroatoms. The largest absolute Gasteiger partial charge is 0.377 e. The Morgan fingerprint density at radius 3 is 3.06 bits per heavy atom. The Balaban J connectivity index is 2.39. The summed E-state index contributed by atoms with van der Waals surface area (Å²) in [5.41, 5.74) is 5.89. The Hall–Kier alpha value is -0.610. The Morgan fingerprint density at radius 2 is 2.38 bits per heavy atom. The van der Waals surface area contributed by atoms with Crippen LogP contribution in [0.4, 0.5) is 0 Å². The summed E-state index contributed by atoms with van der Waals surface area (Å²) in [5.74, 6) is 0.179. The molecule has 0 bridgehead atoms. The Labute approximate surface area is 98.1 Å². The number of hydrogen-bond acceptors (Lipinski definition) is 3. The zero-order valence-electron chi connectivity index (χ0n) is 10.4. The van der Waals surface area contributed by atoms with Crippen LogP contribution < -0.4 is 5.73 Å². The van der Waals surface area contributed by atoms with Gasteiger partial charge in [0.25, 0.3) is 0 Å². The van der Waals surface area contributed by atoms with Crippen molar-refractivity contribution in [1.29, 1.82) is 0 Å². The second kappa shape index (κ2) is 6.86. The number of ether oxygens (including phenoxy) is 1. The third kappa shape index (κ3) is 4.49. The first kappa shape index (κ1) is 13.5. The average Bonchev–Trinajstić information content (AvgIpc) is 2.43. The van der Waals surface area contributed by atoms with E-state index in [-0.39, 0.29) is 18.1 Å². The molecule has 16 heavy (non-hydrogen) atoms. The second-order valence-electron chi connectivity index (χ2n) is 4.63. The Morgan fingerprint density at radius 1 is 1.62 bits per heavy atom. The van der Waals surface area contributed by atoms with Gasteiger partial charge in [0.1, 0.15) is 0 Å². The molecule has 0 aromatic carbocycles. The highest BCUT2D eigenvalue weighted by Crippen LogP contribution is 2.09. The van der Waals surface area contributed by atoms with Crippen molar-refractivity contribution in [2.75, 3.05) is 19.7 Å².